The maximum absolute atomic E-state index is 12.3. The lowest BCUT2D eigenvalue weighted by Gasteiger charge is -2.07. The van der Waals surface area contributed by atoms with Crippen molar-refractivity contribution in [2.24, 2.45) is 0 Å². The second-order valence-electron chi connectivity index (χ2n) is 4.42. The lowest BCUT2D eigenvalue weighted by atomic mass is 10.2. The fraction of sp³-hybridized carbons (Fsp3) is 0.0667. The lowest BCUT2D eigenvalue weighted by molar-refractivity contribution is 0.102. The van der Waals surface area contributed by atoms with Crippen LogP contribution in [0.5, 0.6) is 5.75 Å². The number of ether oxygens (including phenoxy) is 1. The van der Waals surface area contributed by atoms with Gasteiger partial charge < -0.3 is 10.1 Å². The van der Waals surface area contributed by atoms with Gasteiger partial charge >= 0.3 is 0 Å². The summed E-state index contributed by atoms with van der Waals surface area (Å²) in [4.78, 5) is 12.3. The molecule has 5 nitrogen and oxygen atoms in total. The van der Waals surface area contributed by atoms with Crippen molar-refractivity contribution in [3.8, 4) is 5.75 Å². The highest BCUT2D eigenvalue weighted by atomic mass is 35.5. The first-order valence-electron chi connectivity index (χ1n) is 6.27. The molecule has 0 radical (unpaired) electrons. The first kappa shape index (κ1) is 13.5. The van der Waals surface area contributed by atoms with Crippen molar-refractivity contribution < 1.29 is 9.53 Å². The number of anilines is 1. The number of rotatable bonds is 3. The van der Waals surface area contributed by atoms with Crippen LogP contribution < -0.4 is 10.1 Å². The monoisotopic (exact) mass is 301 g/mol. The number of hydrogen-bond acceptors (Lipinski definition) is 3. The molecule has 0 fully saturated rings. The van der Waals surface area contributed by atoms with Crippen molar-refractivity contribution in [1.82, 2.24) is 10.2 Å². The molecule has 6 heteroatoms. The zero-order chi connectivity index (χ0) is 14.8. The third-order valence-electron chi connectivity index (χ3n) is 3.09. The van der Waals surface area contributed by atoms with Crippen LogP contribution >= 0.6 is 11.6 Å². The van der Waals surface area contributed by atoms with Gasteiger partial charge in [-0.25, -0.2) is 0 Å². The fourth-order valence-corrected chi connectivity index (χ4v) is 2.26. The van der Waals surface area contributed by atoms with E-state index in [0.29, 0.717) is 22.2 Å². The van der Waals surface area contributed by atoms with Crippen LogP contribution in [-0.2, 0) is 0 Å². The van der Waals surface area contributed by atoms with Crippen LogP contribution in [-0.4, -0.2) is 23.2 Å². The number of fused-ring (bicyclic) bond motifs is 1. The molecule has 2 aromatic carbocycles. The Labute approximate surface area is 125 Å². The number of aromatic amines is 1. The summed E-state index contributed by atoms with van der Waals surface area (Å²) in [6, 6.07) is 12.5. The molecule has 21 heavy (non-hydrogen) atoms. The smallest absolute Gasteiger partial charge is 0.276 e. The molecule has 1 aromatic heterocycles. The van der Waals surface area contributed by atoms with Crippen LogP contribution in [0.4, 0.5) is 5.69 Å². The van der Waals surface area contributed by atoms with Crippen LogP contribution in [0.3, 0.4) is 0 Å². The predicted octanol–water partition coefficient (Wildman–Crippen LogP) is 3.48. The number of aromatic nitrogens is 2. The van der Waals surface area contributed by atoms with Crippen LogP contribution in [0.25, 0.3) is 10.9 Å². The molecule has 1 heterocycles. The van der Waals surface area contributed by atoms with E-state index in [2.05, 4.69) is 15.5 Å². The normalized spacial score (nSPS) is 10.6. The Kier molecular flexibility index (Phi) is 3.50. The van der Waals surface area contributed by atoms with Crippen LogP contribution in [0.1, 0.15) is 10.5 Å². The predicted molar refractivity (Wildman–Crippen MR) is 82.1 cm³/mol. The number of hydrogen-bond donors (Lipinski definition) is 2. The quantitative estimate of drug-likeness (QED) is 0.778. The van der Waals surface area contributed by atoms with Gasteiger partial charge in [0.25, 0.3) is 5.91 Å². The number of nitrogens with one attached hydrogen (secondary N) is 2. The van der Waals surface area contributed by atoms with Gasteiger partial charge in [0.15, 0.2) is 5.69 Å². The number of benzene rings is 2. The van der Waals surface area contributed by atoms with Crippen LogP contribution in [0.15, 0.2) is 42.5 Å². The lowest BCUT2D eigenvalue weighted by Crippen LogP contribution is -2.12. The Bertz CT molecular complexity index is 814. The van der Waals surface area contributed by atoms with E-state index in [4.69, 9.17) is 16.3 Å². The number of para-hydroxylation sites is 1. The van der Waals surface area contributed by atoms with E-state index in [1.54, 1.807) is 18.2 Å². The minimum atomic E-state index is -0.295. The van der Waals surface area contributed by atoms with Crippen molar-refractivity contribution in [1.29, 1.82) is 0 Å². The van der Waals surface area contributed by atoms with Gasteiger partial charge in [-0.1, -0.05) is 29.8 Å². The van der Waals surface area contributed by atoms with E-state index >= 15 is 0 Å². The molecule has 0 bridgehead atoms. The third kappa shape index (κ3) is 2.55. The summed E-state index contributed by atoms with van der Waals surface area (Å²) >= 11 is 5.96. The second-order valence-corrected chi connectivity index (χ2v) is 4.83. The van der Waals surface area contributed by atoms with E-state index in [0.717, 1.165) is 10.9 Å². The van der Waals surface area contributed by atoms with E-state index in [1.807, 2.05) is 24.3 Å². The molecule has 0 aliphatic rings. The summed E-state index contributed by atoms with van der Waals surface area (Å²) in [6.45, 7) is 0. The molecule has 0 atom stereocenters. The molecule has 0 aliphatic carbocycles. The van der Waals surface area contributed by atoms with Crippen LogP contribution in [0, 0.1) is 0 Å². The van der Waals surface area contributed by atoms with Gasteiger partial charge in [0.1, 0.15) is 5.75 Å². The van der Waals surface area contributed by atoms with Crippen LogP contribution in [0.2, 0.25) is 5.02 Å². The zero-order valence-corrected chi connectivity index (χ0v) is 11.9. The highest BCUT2D eigenvalue weighted by Gasteiger charge is 2.14. The van der Waals surface area contributed by atoms with Crippen molar-refractivity contribution in [3.05, 3.63) is 53.2 Å². The minimum Gasteiger partial charge on any atom is -0.495 e. The molecule has 1 amide bonds. The summed E-state index contributed by atoms with van der Waals surface area (Å²) in [5.41, 5.74) is 1.75. The molecule has 0 unspecified atom stereocenters. The Morgan fingerprint density at radius 2 is 2.10 bits per heavy atom. The zero-order valence-electron chi connectivity index (χ0n) is 11.2. The van der Waals surface area contributed by atoms with E-state index in [-0.39, 0.29) is 5.91 Å². The van der Waals surface area contributed by atoms with Crippen molar-refractivity contribution >= 4 is 34.1 Å². The Morgan fingerprint density at radius 3 is 2.90 bits per heavy atom. The number of H-pyrrole nitrogens is 1. The van der Waals surface area contributed by atoms with Crippen molar-refractivity contribution in [2.75, 3.05) is 12.4 Å². The topological polar surface area (TPSA) is 67.0 Å². The average Bonchev–Trinajstić information content (AvgIpc) is 2.93. The number of nitrogens with zero attached hydrogens (tertiary/aromatic N) is 1. The van der Waals surface area contributed by atoms with Crippen molar-refractivity contribution in [2.45, 2.75) is 0 Å². The van der Waals surface area contributed by atoms with Gasteiger partial charge in [-0.15, -0.1) is 0 Å². The molecule has 0 spiro atoms. The summed E-state index contributed by atoms with van der Waals surface area (Å²) in [5.74, 6) is 0.207. The van der Waals surface area contributed by atoms with Gasteiger partial charge in [-0.3, -0.25) is 9.89 Å². The molecule has 2 N–H and O–H groups in total. The average molecular weight is 302 g/mol. The van der Waals surface area contributed by atoms with Crippen molar-refractivity contribution in [3.63, 3.8) is 0 Å². The Hall–Kier alpha value is -2.53. The standard InChI is InChI=1S/C15H12ClN3O2/c1-21-13-8-9(6-7-11(13)16)17-15(20)14-10-4-2-3-5-12(10)18-19-14/h2-8H,1H3,(H,17,20)(H,18,19). The van der Waals surface area contributed by atoms with Gasteiger partial charge in [0.05, 0.1) is 17.6 Å². The molecule has 0 saturated heterocycles. The third-order valence-corrected chi connectivity index (χ3v) is 3.41. The first-order valence-corrected chi connectivity index (χ1v) is 6.65. The first-order chi connectivity index (χ1) is 10.2. The maximum atomic E-state index is 12.3. The number of carbonyl (C=O) groups excluding carboxylic acids is 1. The summed E-state index contributed by atoms with van der Waals surface area (Å²) in [6.07, 6.45) is 0. The summed E-state index contributed by atoms with van der Waals surface area (Å²) in [7, 11) is 1.52. The molecular formula is C15H12ClN3O2. The number of methoxy groups -OCH3 is 1. The second kappa shape index (κ2) is 5.46. The highest BCUT2D eigenvalue weighted by molar-refractivity contribution is 6.32. The molecule has 0 aliphatic heterocycles. The van der Waals surface area contributed by atoms with Gasteiger partial charge in [-0.05, 0) is 18.2 Å². The summed E-state index contributed by atoms with van der Waals surface area (Å²) in [5, 5.41) is 10.9. The molecule has 0 saturated carbocycles. The highest BCUT2D eigenvalue weighted by Crippen LogP contribution is 2.27. The molecular weight excluding hydrogens is 290 g/mol. The number of amides is 1. The van der Waals surface area contributed by atoms with E-state index in [9.17, 15) is 4.79 Å². The number of carbonyl (C=O) groups is 1. The molecule has 3 rings (SSSR count). The summed E-state index contributed by atoms with van der Waals surface area (Å²) < 4.78 is 5.12. The van der Waals surface area contributed by atoms with E-state index in [1.165, 1.54) is 7.11 Å². The molecule has 106 valence electrons. The largest absolute Gasteiger partial charge is 0.495 e. The Morgan fingerprint density at radius 1 is 1.29 bits per heavy atom. The van der Waals surface area contributed by atoms with Gasteiger partial charge in [-0.2, -0.15) is 5.10 Å². The minimum absolute atomic E-state index is 0.295. The van der Waals surface area contributed by atoms with Gasteiger partial charge in [0.2, 0.25) is 0 Å². The maximum Gasteiger partial charge on any atom is 0.276 e. The Balaban J connectivity index is 1.89. The molecule has 3 aromatic rings. The van der Waals surface area contributed by atoms with E-state index < -0.39 is 0 Å². The van der Waals surface area contributed by atoms with Gasteiger partial charge in [0, 0.05) is 17.1 Å². The number of halogens is 1. The fourth-order valence-electron chi connectivity index (χ4n) is 2.06. The SMILES string of the molecule is COc1cc(NC(=O)c2n[nH]c3ccccc23)ccc1Cl.